The third-order valence-corrected chi connectivity index (χ3v) is 10.6. The van der Waals surface area contributed by atoms with Crippen molar-refractivity contribution in [2.24, 2.45) is 23.2 Å². The molecule has 3 heterocycles. The summed E-state index contributed by atoms with van der Waals surface area (Å²) in [5.41, 5.74) is 4.45. The van der Waals surface area contributed by atoms with E-state index in [1.165, 1.54) is 24.8 Å². The molecule has 2 aromatic rings. The molecule has 2 aliphatic carbocycles. The summed E-state index contributed by atoms with van der Waals surface area (Å²) in [5, 5.41) is 0. The van der Waals surface area contributed by atoms with Crippen LogP contribution in [0.1, 0.15) is 63.9 Å². The number of esters is 1. The quantitative estimate of drug-likeness (QED) is 0.297. The molecule has 6 atom stereocenters. The van der Waals surface area contributed by atoms with Crippen LogP contribution in [0.2, 0.25) is 0 Å². The molecule has 41 heavy (non-hydrogen) atoms. The summed E-state index contributed by atoms with van der Waals surface area (Å²) in [6, 6.07) is 12.6. The summed E-state index contributed by atoms with van der Waals surface area (Å²) in [5.74, 6) is 2.53. The van der Waals surface area contributed by atoms with Gasteiger partial charge in [0.1, 0.15) is 17.7 Å². The zero-order valence-corrected chi connectivity index (χ0v) is 24.1. The first-order valence-electron chi connectivity index (χ1n) is 15.3. The first-order valence-corrected chi connectivity index (χ1v) is 15.3. The number of rotatable bonds is 6. The Morgan fingerprint density at radius 2 is 1.95 bits per heavy atom. The highest BCUT2D eigenvalue weighted by atomic mass is 19.1. The van der Waals surface area contributed by atoms with Crippen molar-refractivity contribution in [1.82, 2.24) is 4.90 Å². The van der Waals surface area contributed by atoms with E-state index in [9.17, 15) is 9.18 Å². The van der Waals surface area contributed by atoms with Gasteiger partial charge in [-0.05, 0) is 93.2 Å². The minimum Gasteiger partial charge on any atom is -0.493 e. The number of carbonyl (C=O) groups is 1. The number of allylic oxidation sites excluding steroid dienone is 2. The Kier molecular flexibility index (Phi) is 6.96. The van der Waals surface area contributed by atoms with E-state index in [0.29, 0.717) is 12.4 Å². The molecule has 0 amide bonds. The van der Waals surface area contributed by atoms with Crippen LogP contribution in [-0.4, -0.2) is 50.0 Å². The molecular formula is C34H40FNO5. The van der Waals surface area contributed by atoms with Crippen LogP contribution >= 0.6 is 0 Å². The molecule has 2 aromatic carbocycles. The Labute approximate surface area is 241 Å². The maximum absolute atomic E-state index is 13.7. The van der Waals surface area contributed by atoms with E-state index in [1.807, 2.05) is 30.3 Å². The maximum Gasteiger partial charge on any atom is 0.310 e. The van der Waals surface area contributed by atoms with E-state index in [-0.39, 0.29) is 53.8 Å². The van der Waals surface area contributed by atoms with E-state index in [1.54, 1.807) is 17.7 Å². The zero-order valence-electron chi connectivity index (χ0n) is 24.1. The lowest BCUT2D eigenvalue weighted by Crippen LogP contribution is -2.46. The van der Waals surface area contributed by atoms with Crippen molar-refractivity contribution in [2.75, 3.05) is 33.0 Å². The molecule has 218 valence electrons. The molecule has 1 saturated carbocycles. The van der Waals surface area contributed by atoms with Crippen LogP contribution in [-0.2, 0) is 9.53 Å². The fraction of sp³-hybridized carbons (Fsp3) is 0.559. The lowest BCUT2D eigenvalue weighted by molar-refractivity contribution is -0.145. The van der Waals surface area contributed by atoms with E-state index >= 15 is 0 Å². The van der Waals surface area contributed by atoms with Crippen molar-refractivity contribution < 1.29 is 28.1 Å². The molecule has 7 rings (SSSR count). The largest absolute Gasteiger partial charge is 0.493 e. The summed E-state index contributed by atoms with van der Waals surface area (Å²) < 4.78 is 37.1. The summed E-state index contributed by atoms with van der Waals surface area (Å²) in [6.07, 6.45) is 6.54. The Morgan fingerprint density at radius 1 is 1.12 bits per heavy atom. The average molecular weight is 562 g/mol. The topological polar surface area (TPSA) is 57.2 Å². The number of carbonyl (C=O) groups excluding carboxylic acids is 1. The van der Waals surface area contributed by atoms with E-state index < -0.39 is 0 Å². The summed E-state index contributed by atoms with van der Waals surface area (Å²) >= 11 is 0. The van der Waals surface area contributed by atoms with Crippen LogP contribution in [0.5, 0.6) is 17.2 Å². The van der Waals surface area contributed by atoms with Gasteiger partial charge in [0.2, 0.25) is 6.79 Å². The molecule has 3 fully saturated rings. The fourth-order valence-corrected chi connectivity index (χ4v) is 8.36. The number of likely N-dealkylation sites (tertiary alicyclic amines) is 1. The van der Waals surface area contributed by atoms with Crippen molar-refractivity contribution in [1.29, 1.82) is 0 Å². The van der Waals surface area contributed by atoms with Gasteiger partial charge in [0.25, 0.3) is 0 Å². The third kappa shape index (κ3) is 5.11. The van der Waals surface area contributed by atoms with Gasteiger partial charge < -0.3 is 23.8 Å². The highest BCUT2D eigenvalue weighted by Crippen LogP contribution is 2.55. The minimum atomic E-state index is -0.222. The molecule has 0 N–H and O–H groups in total. The van der Waals surface area contributed by atoms with Crippen molar-refractivity contribution >= 4 is 5.97 Å². The molecular weight excluding hydrogens is 521 g/mol. The highest BCUT2D eigenvalue weighted by Gasteiger charge is 2.53. The molecule has 0 unspecified atom stereocenters. The molecule has 0 spiro atoms. The second-order valence-corrected chi connectivity index (χ2v) is 13.1. The Morgan fingerprint density at radius 3 is 2.80 bits per heavy atom. The molecule has 6 nitrogen and oxygen atoms in total. The first-order chi connectivity index (χ1) is 19.9. The molecule has 2 saturated heterocycles. The fourth-order valence-electron chi connectivity index (χ4n) is 8.36. The van der Waals surface area contributed by atoms with Crippen LogP contribution in [0.15, 0.2) is 53.6 Å². The monoisotopic (exact) mass is 561 g/mol. The smallest absolute Gasteiger partial charge is 0.310 e. The second-order valence-electron chi connectivity index (χ2n) is 13.1. The lowest BCUT2D eigenvalue weighted by atomic mass is 9.59. The zero-order chi connectivity index (χ0) is 28.1. The van der Waals surface area contributed by atoms with Gasteiger partial charge in [-0.15, -0.1) is 0 Å². The predicted octanol–water partition coefficient (Wildman–Crippen LogP) is 6.50. The highest BCUT2D eigenvalue weighted by molar-refractivity contribution is 5.76. The van der Waals surface area contributed by atoms with Gasteiger partial charge in [-0.3, -0.25) is 4.79 Å². The molecule has 5 aliphatic rings. The van der Waals surface area contributed by atoms with Crippen molar-refractivity contribution in [2.45, 2.75) is 64.4 Å². The summed E-state index contributed by atoms with van der Waals surface area (Å²) in [7, 11) is 0. The van der Waals surface area contributed by atoms with E-state index in [2.05, 4.69) is 18.7 Å². The molecule has 0 radical (unpaired) electrons. The van der Waals surface area contributed by atoms with Crippen molar-refractivity contribution in [3.63, 3.8) is 0 Å². The number of benzene rings is 2. The predicted molar refractivity (Wildman–Crippen MR) is 152 cm³/mol. The summed E-state index contributed by atoms with van der Waals surface area (Å²) in [4.78, 5) is 15.7. The Balaban J connectivity index is 1.07. The van der Waals surface area contributed by atoms with Crippen LogP contribution in [0, 0.1) is 29.0 Å². The number of piperidine rings is 1. The number of nitrogens with zero attached hydrogens (tertiary/aromatic N) is 1. The van der Waals surface area contributed by atoms with Crippen LogP contribution < -0.4 is 14.2 Å². The van der Waals surface area contributed by atoms with Gasteiger partial charge in [0.05, 0.1) is 12.5 Å². The number of halogens is 1. The molecule has 0 aromatic heterocycles. The van der Waals surface area contributed by atoms with Gasteiger partial charge >= 0.3 is 5.97 Å². The first kappa shape index (κ1) is 26.8. The van der Waals surface area contributed by atoms with Crippen LogP contribution in [0.3, 0.4) is 0 Å². The number of hydrogen-bond donors (Lipinski definition) is 0. The third-order valence-electron chi connectivity index (χ3n) is 10.6. The SMILES string of the molecule is CC1=C2C[C@H]3[C@@H](C[C@@]2(C)CCC1)OC(=O)[C@@H]3CN1CC[C@H](c2ccc(F)cc2)[C@H](COc2ccc3c(c2)OCO3)C1. The van der Waals surface area contributed by atoms with E-state index in [0.717, 1.165) is 56.0 Å². The van der Waals surface area contributed by atoms with Crippen LogP contribution in [0.25, 0.3) is 0 Å². The van der Waals surface area contributed by atoms with Crippen molar-refractivity contribution in [3.05, 3.63) is 65.0 Å². The molecule has 7 heteroatoms. The van der Waals surface area contributed by atoms with Gasteiger partial charge in [-0.25, -0.2) is 4.39 Å². The summed E-state index contributed by atoms with van der Waals surface area (Å²) in [6.45, 7) is 7.85. The van der Waals surface area contributed by atoms with Crippen LogP contribution in [0.4, 0.5) is 4.39 Å². The molecule has 0 bridgehead atoms. The molecule has 3 aliphatic heterocycles. The normalized spacial score (nSPS) is 32.9. The standard InChI is InChI=1S/C34H40FNO5/c1-21-4-3-12-34(2)16-32-27(15-29(21)34)28(33(37)41-32)18-36-13-11-26(22-5-7-24(35)8-6-22)23(17-36)19-38-25-9-10-30-31(14-25)40-20-39-30/h5-10,14,23,26-28,32H,3-4,11-13,15-20H2,1-2H3/t23-,26+,27+,28+,32+,34+/m0/s1. The maximum atomic E-state index is 13.7. The Bertz CT molecular complexity index is 1340. The average Bonchev–Trinajstić information content (AvgIpc) is 3.54. The van der Waals surface area contributed by atoms with E-state index in [4.69, 9.17) is 18.9 Å². The second kappa shape index (κ2) is 10.6. The van der Waals surface area contributed by atoms with Crippen molar-refractivity contribution in [3.8, 4) is 17.2 Å². The van der Waals surface area contributed by atoms with Gasteiger partial charge in [0, 0.05) is 31.0 Å². The van der Waals surface area contributed by atoms with Gasteiger partial charge in [-0.1, -0.05) is 30.2 Å². The number of hydrogen-bond acceptors (Lipinski definition) is 6. The Hall–Kier alpha value is -3.06. The lowest BCUT2D eigenvalue weighted by Gasteiger charge is -2.46. The number of ether oxygens (including phenoxy) is 4. The number of fused-ring (bicyclic) bond motifs is 3. The minimum absolute atomic E-state index is 0.0192. The van der Waals surface area contributed by atoms with Gasteiger partial charge in [-0.2, -0.15) is 0 Å². The van der Waals surface area contributed by atoms with Gasteiger partial charge in [0.15, 0.2) is 11.5 Å².